The van der Waals surface area contributed by atoms with Gasteiger partial charge in [0.25, 0.3) is 0 Å². The van der Waals surface area contributed by atoms with Crippen LogP contribution in [0.2, 0.25) is 0 Å². The summed E-state index contributed by atoms with van der Waals surface area (Å²) in [5, 5.41) is 3.58. The first kappa shape index (κ1) is 12.8. The Labute approximate surface area is 122 Å². The van der Waals surface area contributed by atoms with Crippen molar-refractivity contribution < 1.29 is 0 Å². The van der Waals surface area contributed by atoms with Crippen LogP contribution in [0.3, 0.4) is 0 Å². The van der Waals surface area contributed by atoms with Crippen LogP contribution in [0.15, 0.2) is 24.3 Å². The van der Waals surface area contributed by atoms with Crippen molar-refractivity contribution in [3.05, 3.63) is 35.4 Å². The smallest absolute Gasteiger partial charge is 0.0353 e. The third-order valence-electron chi connectivity index (χ3n) is 5.97. The third kappa shape index (κ3) is 2.01. The Bertz CT molecular complexity index is 484. The van der Waals surface area contributed by atoms with Crippen LogP contribution in [0.1, 0.15) is 43.4 Å². The molecule has 3 aliphatic rings. The predicted molar refractivity (Wildman–Crippen MR) is 82.8 cm³/mol. The second kappa shape index (κ2) is 5.16. The van der Waals surface area contributed by atoms with Crippen LogP contribution in [0.5, 0.6) is 0 Å². The number of likely N-dealkylation sites (tertiary alicyclic amines) is 1. The molecule has 0 amide bonds. The van der Waals surface area contributed by atoms with E-state index in [1.807, 2.05) is 0 Å². The quantitative estimate of drug-likeness (QED) is 0.789. The average Bonchev–Trinajstić information content (AvgIpc) is 2.97. The van der Waals surface area contributed by atoms with Gasteiger partial charge in [0, 0.05) is 18.6 Å². The molecule has 0 aromatic heterocycles. The second-order valence-corrected chi connectivity index (χ2v) is 6.98. The van der Waals surface area contributed by atoms with Gasteiger partial charge in [0.05, 0.1) is 0 Å². The lowest BCUT2D eigenvalue weighted by Crippen LogP contribution is -2.36. The van der Waals surface area contributed by atoms with Crippen molar-refractivity contribution in [3.63, 3.8) is 0 Å². The standard InChI is InChI=1S/C18H26N2/c1-13-17-11-19-10-15(17)12-20(13)18-9-5-3-7-14-6-2-4-8-16(14)18/h2,4,6,8,13,15,17-19H,3,5,7,9-12H2,1H3. The molecule has 2 saturated heterocycles. The van der Waals surface area contributed by atoms with Gasteiger partial charge >= 0.3 is 0 Å². The Balaban J connectivity index is 1.65. The molecule has 0 spiro atoms. The van der Waals surface area contributed by atoms with Crippen molar-refractivity contribution in [2.24, 2.45) is 11.8 Å². The van der Waals surface area contributed by atoms with Crippen LogP contribution in [0.4, 0.5) is 0 Å². The summed E-state index contributed by atoms with van der Waals surface area (Å²) >= 11 is 0. The van der Waals surface area contributed by atoms with Crippen molar-refractivity contribution in [2.75, 3.05) is 19.6 Å². The van der Waals surface area contributed by atoms with Gasteiger partial charge in [-0.3, -0.25) is 4.90 Å². The summed E-state index contributed by atoms with van der Waals surface area (Å²) in [5.74, 6) is 1.77. The zero-order chi connectivity index (χ0) is 13.5. The first-order chi connectivity index (χ1) is 9.84. The Kier molecular flexibility index (Phi) is 3.31. The molecule has 4 atom stereocenters. The van der Waals surface area contributed by atoms with Gasteiger partial charge in [-0.2, -0.15) is 0 Å². The topological polar surface area (TPSA) is 15.3 Å². The lowest BCUT2D eigenvalue weighted by Gasteiger charge is -2.33. The number of hydrogen-bond donors (Lipinski definition) is 1. The SMILES string of the molecule is CC1C2CNCC2CN1C1CCCCc2ccccc21. The number of nitrogens with one attached hydrogen (secondary N) is 1. The van der Waals surface area contributed by atoms with Gasteiger partial charge in [0.1, 0.15) is 0 Å². The van der Waals surface area contributed by atoms with Crippen LogP contribution < -0.4 is 5.32 Å². The Morgan fingerprint density at radius 2 is 2.05 bits per heavy atom. The van der Waals surface area contributed by atoms with E-state index in [-0.39, 0.29) is 0 Å². The highest BCUT2D eigenvalue weighted by atomic mass is 15.2. The largest absolute Gasteiger partial charge is 0.316 e. The van der Waals surface area contributed by atoms with E-state index in [1.54, 1.807) is 11.1 Å². The summed E-state index contributed by atoms with van der Waals surface area (Å²) in [6, 6.07) is 10.6. The lowest BCUT2D eigenvalue weighted by atomic mass is 9.94. The molecule has 1 aromatic rings. The number of nitrogens with zero attached hydrogens (tertiary/aromatic N) is 1. The van der Waals surface area contributed by atoms with Crippen molar-refractivity contribution in [1.29, 1.82) is 0 Å². The van der Waals surface area contributed by atoms with E-state index in [1.165, 1.54) is 45.3 Å². The molecule has 0 saturated carbocycles. The molecule has 0 bridgehead atoms. The molecule has 2 fully saturated rings. The molecule has 1 aromatic carbocycles. The number of hydrogen-bond acceptors (Lipinski definition) is 2. The molecule has 2 aliphatic heterocycles. The fraction of sp³-hybridized carbons (Fsp3) is 0.667. The molecule has 108 valence electrons. The van der Waals surface area contributed by atoms with E-state index in [2.05, 4.69) is 41.4 Å². The van der Waals surface area contributed by atoms with Crippen molar-refractivity contribution in [3.8, 4) is 0 Å². The van der Waals surface area contributed by atoms with E-state index in [9.17, 15) is 0 Å². The summed E-state index contributed by atoms with van der Waals surface area (Å²) in [6.07, 6.45) is 5.39. The zero-order valence-corrected chi connectivity index (χ0v) is 12.5. The number of aryl methyl sites for hydroxylation is 1. The first-order valence-electron chi connectivity index (χ1n) is 8.39. The van der Waals surface area contributed by atoms with Crippen LogP contribution >= 0.6 is 0 Å². The van der Waals surface area contributed by atoms with Gasteiger partial charge < -0.3 is 5.32 Å². The van der Waals surface area contributed by atoms with E-state index in [0.717, 1.165) is 17.9 Å². The Morgan fingerprint density at radius 3 is 2.95 bits per heavy atom. The number of benzene rings is 1. The van der Waals surface area contributed by atoms with E-state index in [0.29, 0.717) is 6.04 Å². The summed E-state index contributed by atoms with van der Waals surface area (Å²) in [5.41, 5.74) is 3.24. The summed E-state index contributed by atoms with van der Waals surface area (Å²) < 4.78 is 0. The van der Waals surface area contributed by atoms with Gasteiger partial charge in [-0.15, -0.1) is 0 Å². The monoisotopic (exact) mass is 270 g/mol. The minimum Gasteiger partial charge on any atom is -0.316 e. The highest BCUT2D eigenvalue weighted by molar-refractivity contribution is 5.31. The van der Waals surface area contributed by atoms with Gasteiger partial charge in [0.2, 0.25) is 0 Å². The summed E-state index contributed by atoms with van der Waals surface area (Å²) in [4.78, 5) is 2.83. The molecule has 1 N–H and O–H groups in total. The van der Waals surface area contributed by atoms with Crippen molar-refractivity contribution in [2.45, 2.75) is 44.7 Å². The predicted octanol–water partition coefficient (Wildman–Crippen LogP) is 2.99. The Hall–Kier alpha value is -0.860. The molecule has 2 nitrogen and oxygen atoms in total. The molecule has 4 rings (SSSR count). The fourth-order valence-corrected chi connectivity index (χ4v) is 4.85. The minimum absolute atomic E-state index is 0.675. The third-order valence-corrected chi connectivity index (χ3v) is 5.97. The molecule has 2 heterocycles. The second-order valence-electron chi connectivity index (χ2n) is 6.98. The average molecular weight is 270 g/mol. The van der Waals surface area contributed by atoms with Gasteiger partial charge in [0.15, 0.2) is 0 Å². The fourth-order valence-electron chi connectivity index (χ4n) is 4.85. The normalized spacial score (nSPS) is 37.5. The van der Waals surface area contributed by atoms with Gasteiger partial charge in [-0.05, 0) is 62.2 Å². The Morgan fingerprint density at radius 1 is 1.15 bits per heavy atom. The highest BCUT2D eigenvalue weighted by Gasteiger charge is 2.44. The van der Waals surface area contributed by atoms with Crippen LogP contribution in [-0.4, -0.2) is 30.6 Å². The van der Waals surface area contributed by atoms with Crippen molar-refractivity contribution in [1.82, 2.24) is 10.2 Å². The van der Waals surface area contributed by atoms with E-state index >= 15 is 0 Å². The van der Waals surface area contributed by atoms with Crippen LogP contribution in [0.25, 0.3) is 0 Å². The maximum Gasteiger partial charge on any atom is 0.0353 e. The molecule has 20 heavy (non-hydrogen) atoms. The number of fused-ring (bicyclic) bond motifs is 2. The minimum atomic E-state index is 0.675. The lowest BCUT2D eigenvalue weighted by molar-refractivity contribution is 0.161. The van der Waals surface area contributed by atoms with Crippen LogP contribution in [0, 0.1) is 11.8 Å². The van der Waals surface area contributed by atoms with Gasteiger partial charge in [-0.25, -0.2) is 0 Å². The summed E-state index contributed by atoms with van der Waals surface area (Å²) in [7, 11) is 0. The van der Waals surface area contributed by atoms with E-state index in [4.69, 9.17) is 0 Å². The maximum absolute atomic E-state index is 3.58. The molecule has 2 heteroatoms. The highest BCUT2D eigenvalue weighted by Crippen LogP contribution is 2.41. The van der Waals surface area contributed by atoms with Crippen molar-refractivity contribution >= 4 is 0 Å². The van der Waals surface area contributed by atoms with Crippen LogP contribution in [-0.2, 0) is 6.42 Å². The molecule has 4 unspecified atom stereocenters. The molecular formula is C18H26N2. The van der Waals surface area contributed by atoms with Gasteiger partial charge in [-0.1, -0.05) is 30.7 Å². The maximum atomic E-state index is 3.58. The molecule has 1 aliphatic carbocycles. The number of rotatable bonds is 1. The molecular weight excluding hydrogens is 244 g/mol. The molecule has 0 radical (unpaired) electrons. The first-order valence-corrected chi connectivity index (χ1v) is 8.39. The zero-order valence-electron chi connectivity index (χ0n) is 12.5. The van der Waals surface area contributed by atoms with E-state index < -0.39 is 0 Å². The summed E-state index contributed by atoms with van der Waals surface area (Å²) in [6.45, 7) is 6.24.